The summed E-state index contributed by atoms with van der Waals surface area (Å²) in [4.78, 5) is 10.2. The van der Waals surface area contributed by atoms with E-state index in [1.165, 1.54) is 4.90 Å². The van der Waals surface area contributed by atoms with Gasteiger partial charge in [-0.05, 0) is 62.1 Å². The van der Waals surface area contributed by atoms with Crippen LogP contribution in [0.3, 0.4) is 0 Å². The third-order valence-corrected chi connectivity index (χ3v) is 5.44. The van der Waals surface area contributed by atoms with Gasteiger partial charge < -0.3 is 9.47 Å². The molecule has 0 amide bonds. The minimum absolute atomic E-state index is 0.265. The molecule has 2 aromatic carbocycles. The van der Waals surface area contributed by atoms with E-state index >= 15 is 0 Å². The van der Waals surface area contributed by atoms with E-state index in [0.29, 0.717) is 23.7 Å². The highest BCUT2D eigenvalue weighted by atomic mass is 32.2. The number of methoxy groups -OCH3 is 1. The highest BCUT2D eigenvalue weighted by Gasteiger charge is 2.14. The number of benzene rings is 2. The zero-order chi connectivity index (χ0) is 21.5. The summed E-state index contributed by atoms with van der Waals surface area (Å²) in [6.07, 6.45) is 2.04. The van der Waals surface area contributed by atoms with Gasteiger partial charge in [0.25, 0.3) is 0 Å². The summed E-state index contributed by atoms with van der Waals surface area (Å²) in [7, 11) is 1.62. The number of hydroxylamine groups is 1. The molecular weight excluding hydrogens is 398 g/mol. The number of ether oxygens (including phenoxy) is 2. The van der Waals surface area contributed by atoms with Gasteiger partial charge in [0.2, 0.25) is 5.88 Å². The predicted octanol–water partition coefficient (Wildman–Crippen LogP) is 5.15. The third kappa shape index (κ3) is 5.11. The minimum atomic E-state index is 0.265. The van der Waals surface area contributed by atoms with Gasteiger partial charge in [0.1, 0.15) is 11.5 Å². The lowest BCUT2D eigenvalue weighted by atomic mass is 10.2. The normalized spacial score (nSPS) is 11.3. The Labute approximate surface area is 180 Å². The van der Waals surface area contributed by atoms with Crippen LogP contribution in [0.15, 0.2) is 64.5 Å². The van der Waals surface area contributed by atoms with Crippen molar-refractivity contribution in [3.8, 4) is 17.4 Å². The second-order valence-corrected chi connectivity index (χ2v) is 7.48. The molecule has 0 saturated heterocycles. The number of nitrogens with one attached hydrogen (secondary N) is 1. The Morgan fingerprint density at radius 3 is 2.63 bits per heavy atom. The zero-order valence-electron chi connectivity index (χ0n) is 17.5. The molecule has 7 heteroatoms. The lowest BCUT2D eigenvalue weighted by Gasteiger charge is -2.14. The number of hydrogen-bond acceptors (Lipinski definition) is 6. The summed E-state index contributed by atoms with van der Waals surface area (Å²) < 4.78 is 11.4. The molecule has 1 heterocycles. The molecular formula is C23H25N3O3S. The van der Waals surface area contributed by atoms with Crippen LogP contribution in [0.2, 0.25) is 0 Å². The monoisotopic (exact) mass is 423 g/mol. The van der Waals surface area contributed by atoms with Crippen LogP contribution in [-0.4, -0.2) is 29.4 Å². The van der Waals surface area contributed by atoms with Crippen LogP contribution in [0.4, 0.5) is 0 Å². The molecule has 0 unspecified atom stereocenters. The summed E-state index contributed by atoms with van der Waals surface area (Å²) in [5.41, 5.74) is 5.57. The molecule has 1 aromatic heterocycles. The molecule has 156 valence electrons. The van der Waals surface area contributed by atoms with Crippen LogP contribution in [0, 0.1) is 13.8 Å². The molecule has 0 bridgehead atoms. The molecule has 3 rings (SSSR count). The van der Waals surface area contributed by atoms with Crippen molar-refractivity contribution < 1.29 is 14.7 Å². The zero-order valence-corrected chi connectivity index (χ0v) is 18.3. The van der Waals surface area contributed by atoms with Crippen molar-refractivity contribution in [2.24, 2.45) is 4.99 Å². The van der Waals surface area contributed by atoms with Gasteiger partial charge in [-0.2, -0.15) is 0 Å². The van der Waals surface area contributed by atoms with Gasteiger partial charge in [0.15, 0.2) is 5.84 Å². The molecule has 0 fully saturated rings. The molecule has 3 aromatic rings. The summed E-state index contributed by atoms with van der Waals surface area (Å²) in [6, 6.07) is 17.2. The average molecular weight is 424 g/mol. The van der Waals surface area contributed by atoms with Crippen molar-refractivity contribution in [3.05, 3.63) is 77.0 Å². The van der Waals surface area contributed by atoms with Crippen LogP contribution in [0.1, 0.15) is 22.4 Å². The van der Waals surface area contributed by atoms with E-state index < -0.39 is 0 Å². The maximum atomic E-state index is 9.76. The smallest absolute Gasteiger partial charge is 0.230 e. The first-order valence-corrected chi connectivity index (χ1v) is 10.6. The number of nitrogens with zero attached hydrogens (tertiary/aromatic N) is 2. The standard InChI is InChI=1S/C23H25N3O3S/c1-15-13-18(10-12-21(15)30-4)29-23-19(11-9-16(2)25-23)22(26-27)24-14-17-7-5-6-8-20(17)28-3/h5-13,27H,14H2,1-4H3,(H,24,26). The van der Waals surface area contributed by atoms with E-state index in [2.05, 4.69) is 15.5 Å². The molecule has 0 saturated carbocycles. The maximum absolute atomic E-state index is 9.76. The van der Waals surface area contributed by atoms with E-state index in [9.17, 15) is 5.21 Å². The first-order chi connectivity index (χ1) is 14.5. The van der Waals surface area contributed by atoms with Crippen molar-refractivity contribution in [3.63, 3.8) is 0 Å². The van der Waals surface area contributed by atoms with Crippen LogP contribution in [-0.2, 0) is 6.54 Å². The van der Waals surface area contributed by atoms with Gasteiger partial charge in [0, 0.05) is 16.2 Å². The minimum Gasteiger partial charge on any atom is -0.496 e. The van der Waals surface area contributed by atoms with Gasteiger partial charge in [0.05, 0.1) is 19.2 Å². The summed E-state index contributed by atoms with van der Waals surface area (Å²) >= 11 is 1.69. The van der Waals surface area contributed by atoms with E-state index in [1.54, 1.807) is 18.9 Å². The molecule has 2 N–H and O–H groups in total. The number of rotatable bonds is 7. The highest BCUT2D eigenvalue weighted by molar-refractivity contribution is 7.98. The number of aliphatic imine (C=N–C) groups is 1. The maximum Gasteiger partial charge on any atom is 0.230 e. The average Bonchev–Trinajstić information content (AvgIpc) is 2.75. The summed E-state index contributed by atoms with van der Waals surface area (Å²) in [6.45, 7) is 4.25. The molecule has 0 aliphatic carbocycles. The van der Waals surface area contributed by atoms with Gasteiger partial charge >= 0.3 is 0 Å². The van der Waals surface area contributed by atoms with E-state index in [0.717, 1.165) is 22.6 Å². The first kappa shape index (κ1) is 21.7. The number of para-hydroxylation sites is 1. The Balaban J connectivity index is 1.93. The molecule has 0 atom stereocenters. The van der Waals surface area contributed by atoms with Crippen LogP contribution in [0.5, 0.6) is 17.4 Å². The number of aromatic nitrogens is 1. The van der Waals surface area contributed by atoms with Gasteiger partial charge in [-0.3, -0.25) is 15.7 Å². The number of pyridine rings is 1. The van der Waals surface area contributed by atoms with Crippen LogP contribution >= 0.6 is 11.8 Å². The van der Waals surface area contributed by atoms with E-state index in [1.807, 2.05) is 74.7 Å². The van der Waals surface area contributed by atoms with E-state index in [-0.39, 0.29) is 5.84 Å². The predicted molar refractivity (Wildman–Crippen MR) is 120 cm³/mol. The quantitative estimate of drug-likeness (QED) is 0.237. The highest BCUT2D eigenvalue weighted by Crippen LogP contribution is 2.29. The van der Waals surface area contributed by atoms with Crippen LogP contribution < -0.4 is 15.0 Å². The lowest BCUT2D eigenvalue weighted by Crippen LogP contribution is -2.22. The Bertz CT molecular complexity index is 1050. The van der Waals surface area contributed by atoms with Crippen molar-refractivity contribution in [1.29, 1.82) is 0 Å². The molecule has 0 radical (unpaired) electrons. The second kappa shape index (κ2) is 10.1. The molecule has 0 spiro atoms. The molecule has 0 aliphatic heterocycles. The number of aryl methyl sites for hydroxylation is 2. The van der Waals surface area contributed by atoms with Crippen molar-refractivity contribution in [2.45, 2.75) is 25.3 Å². The van der Waals surface area contributed by atoms with Crippen molar-refractivity contribution >= 4 is 17.6 Å². The number of thioether (sulfide) groups is 1. The Morgan fingerprint density at radius 2 is 1.93 bits per heavy atom. The Hall–Kier alpha value is -3.03. The lowest BCUT2D eigenvalue weighted by molar-refractivity contribution is 0.234. The Kier molecular flexibility index (Phi) is 7.32. The summed E-state index contributed by atoms with van der Waals surface area (Å²) in [5, 5.41) is 9.76. The number of hydrogen-bond donors (Lipinski definition) is 2. The fourth-order valence-electron chi connectivity index (χ4n) is 3.00. The summed E-state index contributed by atoms with van der Waals surface area (Å²) in [5.74, 6) is 2.04. The number of amidine groups is 1. The van der Waals surface area contributed by atoms with Gasteiger partial charge in [-0.1, -0.05) is 18.2 Å². The van der Waals surface area contributed by atoms with Gasteiger partial charge in [-0.15, -0.1) is 11.8 Å². The second-order valence-electron chi connectivity index (χ2n) is 6.63. The molecule has 30 heavy (non-hydrogen) atoms. The molecule has 0 aliphatic rings. The van der Waals surface area contributed by atoms with Crippen molar-refractivity contribution in [2.75, 3.05) is 13.4 Å². The van der Waals surface area contributed by atoms with Gasteiger partial charge in [-0.25, -0.2) is 4.98 Å². The van der Waals surface area contributed by atoms with Crippen molar-refractivity contribution in [1.82, 2.24) is 10.5 Å². The first-order valence-electron chi connectivity index (χ1n) is 9.42. The van der Waals surface area contributed by atoms with Crippen LogP contribution in [0.25, 0.3) is 0 Å². The van der Waals surface area contributed by atoms with E-state index in [4.69, 9.17) is 9.47 Å². The fraction of sp³-hybridized carbons (Fsp3) is 0.217. The topological polar surface area (TPSA) is 76.0 Å². The fourth-order valence-corrected chi connectivity index (χ4v) is 3.58. The third-order valence-electron chi connectivity index (χ3n) is 4.54. The Morgan fingerprint density at radius 1 is 1.13 bits per heavy atom. The molecule has 6 nitrogen and oxygen atoms in total. The largest absolute Gasteiger partial charge is 0.496 e. The SMILES string of the molecule is COc1ccccc1CN=C(NO)c1ccc(C)nc1Oc1ccc(SC)c(C)c1.